The summed E-state index contributed by atoms with van der Waals surface area (Å²) in [4.78, 5) is 1.29. The van der Waals surface area contributed by atoms with Crippen LogP contribution < -0.4 is 5.32 Å². The van der Waals surface area contributed by atoms with Gasteiger partial charge in [-0.3, -0.25) is 0 Å². The highest BCUT2D eigenvalue weighted by Crippen LogP contribution is 2.22. The Morgan fingerprint density at radius 1 is 1.16 bits per heavy atom. The van der Waals surface area contributed by atoms with E-state index in [2.05, 4.69) is 41.9 Å². The average Bonchev–Trinajstić information content (AvgIpc) is 2.45. The molecule has 1 N–H and O–H groups in total. The van der Waals surface area contributed by atoms with Crippen LogP contribution >= 0.6 is 23.4 Å². The predicted molar refractivity (Wildman–Crippen MR) is 85.2 cm³/mol. The van der Waals surface area contributed by atoms with Gasteiger partial charge in [0, 0.05) is 16.0 Å². The molecule has 0 aliphatic heterocycles. The van der Waals surface area contributed by atoms with Crippen LogP contribution in [0.5, 0.6) is 0 Å². The number of rotatable bonds is 5. The zero-order valence-electron chi connectivity index (χ0n) is 11.2. The highest BCUT2D eigenvalue weighted by atomic mass is 35.5. The second-order valence-corrected chi connectivity index (χ2v) is 5.76. The third-order valence-electron chi connectivity index (χ3n) is 3.20. The summed E-state index contributed by atoms with van der Waals surface area (Å²) in [7, 11) is 2.00. The van der Waals surface area contributed by atoms with E-state index in [0.717, 1.165) is 11.4 Å². The number of hydrogen-bond donors (Lipinski definition) is 1. The lowest BCUT2D eigenvalue weighted by Crippen LogP contribution is -2.18. The van der Waals surface area contributed by atoms with E-state index >= 15 is 0 Å². The van der Waals surface area contributed by atoms with Crippen LogP contribution in [0.3, 0.4) is 0 Å². The quantitative estimate of drug-likeness (QED) is 0.810. The molecule has 0 saturated heterocycles. The van der Waals surface area contributed by atoms with E-state index in [1.54, 1.807) is 11.8 Å². The van der Waals surface area contributed by atoms with Crippen molar-refractivity contribution >= 4 is 23.4 Å². The predicted octanol–water partition coefficient (Wildman–Crippen LogP) is 4.57. The summed E-state index contributed by atoms with van der Waals surface area (Å²) >= 11 is 7.80. The van der Waals surface area contributed by atoms with Crippen LogP contribution in [0.4, 0.5) is 0 Å². The zero-order valence-corrected chi connectivity index (χ0v) is 12.8. The van der Waals surface area contributed by atoms with Crippen LogP contribution in [0, 0.1) is 0 Å². The number of halogens is 1. The summed E-state index contributed by atoms with van der Waals surface area (Å²) in [5.74, 6) is 0. The first-order valence-electron chi connectivity index (χ1n) is 6.28. The molecule has 0 amide bonds. The highest BCUT2D eigenvalue weighted by molar-refractivity contribution is 7.98. The van der Waals surface area contributed by atoms with Gasteiger partial charge in [0.05, 0.1) is 0 Å². The molecular formula is C16H18ClNS. The molecule has 0 aromatic heterocycles. The maximum Gasteiger partial charge on any atom is 0.0408 e. The molecule has 1 atom stereocenters. The average molecular weight is 292 g/mol. The van der Waals surface area contributed by atoms with Crippen molar-refractivity contribution in [1.29, 1.82) is 0 Å². The molecule has 0 saturated carbocycles. The van der Waals surface area contributed by atoms with Crippen LogP contribution in [-0.2, 0) is 6.42 Å². The van der Waals surface area contributed by atoms with Gasteiger partial charge in [-0.15, -0.1) is 11.8 Å². The minimum Gasteiger partial charge on any atom is -0.313 e. The highest BCUT2D eigenvalue weighted by Gasteiger charge is 2.10. The summed E-state index contributed by atoms with van der Waals surface area (Å²) in [5.41, 5.74) is 2.56. The number of thioether (sulfide) groups is 1. The fourth-order valence-electron chi connectivity index (χ4n) is 2.12. The first kappa shape index (κ1) is 14.4. The summed E-state index contributed by atoms with van der Waals surface area (Å²) < 4.78 is 0. The smallest absolute Gasteiger partial charge is 0.0408 e. The molecule has 0 aliphatic carbocycles. The lowest BCUT2D eigenvalue weighted by Gasteiger charge is -2.17. The Morgan fingerprint density at radius 3 is 2.47 bits per heavy atom. The maximum absolute atomic E-state index is 6.03. The van der Waals surface area contributed by atoms with Crippen LogP contribution in [-0.4, -0.2) is 13.3 Å². The molecule has 3 heteroatoms. The molecule has 1 nitrogen and oxygen atoms in total. The molecule has 0 radical (unpaired) electrons. The molecular weight excluding hydrogens is 274 g/mol. The third kappa shape index (κ3) is 4.00. The zero-order chi connectivity index (χ0) is 13.7. The van der Waals surface area contributed by atoms with Crippen molar-refractivity contribution in [3.63, 3.8) is 0 Å². The van der Waals surface area contributed by atoms with Gasteiger partial charge >= 0.3 is 0 Å². The normalized spacial score (nSPS) is 12.4. The maximum atomic E-state index is 6.03. The van der Waals surface area contributed by atoms with Gasteiger partial charge in [-0.25, -0.2) is 0 Å². The monoisotopic (exact) mass is 291 g/mol. The Labute approximate surface area is 124 Å². The van der Waals surface area contributed by atoms with Crippen molar-refractivity contribution in [1.82, 2.24) is 5.32 Å². The number of likely N-dealkylation sites (N-methyl/N-ethyl adjacent to an activating group) is 1. The Hall–Kier alpha value is -0.960. The van der Waals surface area contributed by atoms with Crippen molar-refractivity contribution in [3.05, 3.63) is 64.7 Å². The largest absolute Gasteiger partial charge is 0.313 e. The van der Waals surface area contributed by atoms with E-state index in [1.165, 1.54) is 16.0 Å². The lowest BCUT2D eigenvalue weighted by molar-refractivity contribution is 0.592. The molecule has 1 unspecified atom stereocenters. The van der Waals surface area contributed by atoms with Gasteiger partial charge < -0.3 is 5.32 Å². The van der Waals surface area contributed by atoms with Crippen LogP contribution in [0.25, 0.3) is 0 Å². The molecule has 0 fully saturated rings. The third-order valence-corrected chi connectivity index (χ3v) is 4.17. The molecule has 0 aliphatic rings. The summed E-state index contributed by atoms with van der Waals surface area (Å²) in [6, 6.07) is 17.1. The van der Waals surface area contributed by atoms with Gasteiger partial charge in [0.2, 0.25) is 0 Å². The summed E-state index contributed by atoms with van der Waals surface area (Å²) in [6.45, 7) is 0. The Bertz CT molecular complexity index is 525. The van der Waals surface area contributed by atoms with Gasteiger partial charge in [0.1, 0.15) is 0 Å². The number of nitrogens with one attached hydrogen (secondary N) is 1. The first-order chi connectivity index (χ1) is 9.22. The Balaban J connectivity index is 2.15. The topological polar surface area (TPSA) is 12.0 Å². The van der Waals surface area contributed by atoms with Crippen molar-refractivity contribution in [2.75, 3.05) is 13.3 Å². The van der Waals surface area contributed by atoms with Crippen molar-refractivity contribution in [2.24, 2.45) is 0 Å². The molecule has 0 spiro atoms. The lowest BCUT2D eigenvalue weighted by atomic mass is 9.99. The van der Waals surface area contributed by atoms with E-state index in [0.29, 0.717) is 6.04 Å². The Kier molecular flexibility index (Phi) is 5.32. The van der Waals surface area contributed by atoms with Gasteiger partial charge in [-0.05, 0) is 55.1 Å². The number of benzene rings is 2. The van der Waals surface area contributed by atoms with Crippen molar-refractivity contribution in [2.45, 2.75) is 17.4 Å². The molecule has 100 valence electrons. The molecule has 0 heterocycles. The molecule has 2 rings (SSSR count). The Morgan fingerprint density at radius 2 is 1.89 bits per heavy atom. The van der Waals surface area contributed by atoms with Crippen LogP contribution in [0.2, 0.25) is 5.02 Å². The molecule has 2 aromatic carbocycles. The SMILES string of the molecule is CNC(Cc1cccc(Cl)c1)c1ccc(SC)cc1. The van der Waals surface area contributed by atoms with Gasteiger partial charge in [0.15, 0.2) is 0 Å². The fraction of sp³-hybridized carbons (Fsp3) is 0.250. The number of hydrogen-bond acceptors (Lipinski definition) is 2. The molecule has 0 bridgehead atoms. The van der Waals surface area contributed by atoms with E-state index in [1.807, 2.05) is 25.2 Å². The van der Waals surface area contributed by atoms with Gasteiger partial charge in [-0.2, -0.15) is 0 Å². The first-order valence-corrected chi connectivity index (χ1v) is 7.89. The second kappa shape index (κ2) is 6.99. The summed E-state index contributed by atoms with van der Waals surface area (Å²) in [6.07, 6.45) is 3.03. The van der Waals surface area contributed by atoms with E-state index in [9.17, 15) is 0 Å². The minimum atomic E-state index is 0.314. The standard InChI is InChI=1S/C16H18ClNS/c1-18-16(11-12-4-3-5-14(17)10-12)13-6-8-15(19-2)9-7-13/h3-10,16,18H,11H2,1-2H3. The van der Waals surface area contributed by atoms with E-state index in [-0.39, 0.29) is 0 Å². The van der Waals surface area contributed by atoms with Crippen LogP contribution in [0.15, 0.2) is 53.4 Å². The fourth-order valence-corrected chi connectivity index (χ4v) is 2.74. The van der Waals surface area contributed by atoms with Gasteiger partial charge in [-0.1, -0.05) is 35.9 Å². The molecule has 19 heavy (non-hydrogen) atoms. The van der Waals surface area contributed by atoms with Gasteiger partial charge in [0.25, 0.3) is 0 Å². The van der Waals surface area contributed by atoms with Crippen molar-refractivity contribution < 1.29 is 0 Å². The summed E-state index contributed by atoms with van der Waals surface area (Å²) in [5, 5.41) is 4.17. The van der Waals surface area contributed by atoms with Crippen molar-refractivity contribution in [3.8, 4) is 0 Å². The van der Waals surface area contributed by atoms with E-state index in [4.69, 9.17) is 11.6 Å². The minimum absolute atomic E-state index is 0.314. The second-order valence-electron chi connectivity index (χ2n) is 4.45. The van der Waals surface area contributed by atoms with Crippen LogP contribution in [0.1, 0.15) is 17.2 Å². The molecule has 2 aromatic rings. The van der Waals surface area contributed by atoms with E-state index < -0.39 is 0 Å².